The summed E-state index contributed by atoms with van der Waals surface area (Å²) in [6.45, 7) is -2.41. The summed E-state index contributed by atoms with van der Waals surface area (Å²) in [5.74, 6) is -2.39. The van der Waals surface area contributed by atoms with Crippen molar-refractivity contribution in [2.24, 2.45) is 5.73 Å². The maximum Gasteiger partial charge on any atom is 0.405 e. The number of amides is 1. The predicted molar refractivity (Wildman–Crippen MR) is 68.6 cm³/mol. The Hall–Kier alpha value is -1.77. The van der Waals surface area contributed by atoms with Gasteiger partial charge in [-0.2, -0.15) is 13.2 Å². The Kier molecular flexibility index (Phi) is 4.98. The van der Waals surface area contributed by atoms with E-state index in [1.807, 2.05) is 0 Å². The van der Waals surface area contributed by atoms with E-state index in [0.717, 1.165) is 0 Å². The number of carboxylic acid groups (broad SMARTS) is 1. The van der Waals surface area contributed by atoms with Crippen LogP contribution in [0.4, 0.5) is 18.9 Å². The first-order chi connectivity index (χ1) is 9.10. The Morgan fingerprint density at radius 3 is 2.40 bits per heavy atom. The number of carbonyl (C=O) groups excluding carboxylic acids is 1. The van der Waals surface area contributed by atoms with Crippen molar-refractivity contribution in [3.05, 3.63) is 28.2 Å². The summed E-state index contributed by atoms with van der Waals surface area (Å²) in [6.07, 6.45) is -4.62. The number of aliphatic carboxylic acids is 1. The van der Waals surface area contributed by atoms with E-state index >= 15 is 0 Å². The third kappa shape index (κ3) is 4.72. The first kappa shape index (κ1) is 16.3. The highest BCUT2D eigenvalue weighted by molar-refractivity contribution is 9.10. The van der Waals surface area contributed by atoms with Gasteiger partial charge in [-0.3, -0.25) is 9.59 Å². The monoisotopic (exact) mass is 354 g/mol. The molecule has 5 nitrogen and oxygen atoms in total. The fourth-order valence-corrected chi connectivity index (χ4v) is 1.93. The molecule has 0 aliphatic carbocycles. The number of nitrogens with two attached hydrogens (primary N) is 1. The van der Waals surface area contributed by atoms with E-state index in [9.17, 15) is 22.8 Å². The molecule has 1 amide bonds. The number of hydrogen-bond donors (Lipinski definition) is 2. The minimum atomic E-state index is -4.62. The van der Waals surface area contributed by atoms with E-state index in [2.05, 4.69) is 15.9 Å². The van der Waals surface area contributed by atoms with Gasteiger partial charge in [-0.05, 0) is 18.2 Å². The summed E-state index contributed by atoms with van der Waals surface area (Å²) < 4.78 is 37.9. The van der Waals surface area contributed by atoms with E-state index in [-0.39, 0.29) is 11.3 Å². The second-order valence-corrected chi connectivity index (χ2v) is 4.81. The van der Waals surface area contributed by atoms with Crippen LogP contribution in [0.1, 0.15) is 10.4 Å². The lowest BCUT2D eigenvalue weighted by Gasteiger charge is -2.26. The van der Waals surface area contributed by atoms with Crippen LogP contribution in [0.3, 0.4) is 0 Å². The topological polar surface area (TPSA) is 83.6 Å². The van der Waals surface area contributed by atoms with Gasteiger partial charge in [-0.25, -0.2) is 0 Å². The summed E-state index contributed by atoms with van der Waals surface area (Å²) in [5.41, 5.74) is 4.72. The third-order valence-electron chi connectivity index (χ3n) is 2.26. The van der Waals surface area contributed by atoms with Crippen molar-refractivity contribution in [3.8, 4) is 0 Å². The standard InChI is InChI=1S/C11H10BrF3N2O3/c12-6-1-2-7(10(16)20)8(3-6)17(4-9(18)19)5-11(13,14)15/h1-3H,4-5H2,(H2,16,20)(H,18,19). The number of alkyl halides is 3. The Bertz CT molecular complexity index is 534. The van der Waals surface area contributed by atoms with Crippen LogP contribution in [-0.4, -0.2) is 36.2 Å². The highest BCUT2D eigenvalue weighted by atomic mass is 79.9. The summed E-state index contributed by atoms with van der Waals surface area (Å²) in [6, 6.07) is 3.87. The number of anilines is 1. The summed E-state index contributed by atoms with van der Waals surface area (Å²) in [5, 5.41) is 8.70. The maximum absolute atomic E-state index is 12.5. The molecule has 1 rings (SSSR count). The normalized spacial score (nSPS) is 11.2. The lowest BCUT2D eigenvalue weighted by atomic mass is 10.1. The molecule has 0 heterocycles. The Labute approximate surface area is 120 Å². The molecule has 20 heavy (non-hydrogen) atoms. The zero-order chi connectivity index (χ0) is 15.5. The Morgan fingerprint density at radius 2 is 1.95 bits per heavy atom. The quantitative estimate of drug-likeness (QED) is 0.846. The van der Waals surface area contributed by atoms with Crippen LogP contribution in [0.25, 0.3) is 0 Å². The van der Waals surface area contributed by atoms with E-state index in [4.69, 9.17) is 10.8 Å². The number of carbonyl (C=O) groups is 2. The molecule has 0 aromatic heterocycles. The van der Waals surface area contributed by atoms with Gasteiger partial charge in [-0.15, -0.1) is 0 Å². The van der Waals surface area contributed by atoms with Crippen molar-refractivity contribution >= 4 is 33.5 Å². The molecule has 9 heteroatoms. The first-order valence-corrected chi connectivity index (χ1v) is 6.02. The summed E-state index contributed by atoms with van der Waals surface area (Å²) >= 11 is 3.05. The molecule has 3 N–H and O–H groups in total. The number of hydrogen-bond acceptors (Lipinski definition) is 3. The number of benzene rings is 1. The van der Waals surface area contributed by atoms with Crippen LogP contribution in [0.2, 0.25) is 0 Å². The molecule has 0 atom stereocenters. The van der Waals surface area contributed by atoms with Crippen LogP contribution < -0.4 is 10.6 Å². The highest BCUT2D eigenvalue weighted by Crippen LogP contribution is 2.28. The smallest absolute Gasteiger partial charge is 0.405 e. The van der Waals surface area contributed by atoms with Crippen molar-refractivity contribution in [1.82, 2.24) is 0 Å². The first-order valence-electron chi connectivity index (χ1n) is 5.23. The van der Waals surface area contributed by atoms with E-state index in [1.54, 1.807) is 0 Å². The van der Waals surface area contributed by atoms with E-state index in [1.165, 1.54) is 18.2 Å². The Balaban J connectivity index is 3.28. The largest absolute Gasteiger partial charge is 0.480 e. The van der Waals surface area contributed by atoms with Crippen LogP contribution in [0.5, 0.6) is 0 Å². The van der Waals surface area contributed by atoms with Gasteiger partial charge in [0.2, 0.25) is 0 Å². The second-order valence-electron chi connectivity index (χ2n) is 3.89. The molecule has 0 radical (unpaired) electrons. The third-order valence-corrected chi connectivity index (χ3v) is 2.76. The molecule has 0 aliphatic heterocycles. The van der Waals surface area contributed by atoms with Gasteiger partial charge in [0.05, 0.1) is 11.3 Å². The molecule has 0 aliphatic rings. The fourth-order valence-electron chi connectivity index (χ4n) is 1.58. The molecule has 1 aromatic rings. The molecule has 0 saturated carbocycles. The maximum atomic E-state index is 12.5. The SMILES string of the molecule is NC(=O)c1ccc(Br)cc1N(CC(=O)O)CC(F)(F)F. The molecule has 0 unspecified atom stereocenters. The molecule has 0 spiro atoms. The van der Waals surface area contributed by atoms with Gasteiger partial charge >= 0.3 is 12.1 Å². The van der Waals surface area contributed by atoms with Gasteiger partial charge in [0.25, 0.3) is 5.91 Å². The van der Waals surface area contributed by atoms with Crippen molar-refractivity contribution in [2.75, 3.05) is 18.0 Å². The van der Waals surface area contributed by atoms with Gasteiger partial charge in [0.1, 0.15) is 13.1 Å². The van der Waals surface area contributed by atoms with Gasteiger partial charge in [0.15, 0.2) is 0 Å². The van der Waals surface area contributed by atoms with Crippen LogP contribution in [-0.2, 0) is 4.79 Å². The molecule has 1 aromatic carbocycles. The number of rotatable bonds is 5. The van der Waals surface area contributed by atoms with Crippen LogP contribution >= 0.6 is 15.9 Å². The average Bonchev–Trinajstić information content (AvgIpc) is 2.24. The molecule has 0 bridgehead atoms. The lowest BCUT2D eigenvalue weighted by molar-refractivity contribution is -0.136. The van der Waals surface area contributed by atoms with Gasteiger partial charge < -0.3 is 15.7 Å². The van der Waals surface area contributed by atoms with Crippen molar-refractivity contribution in [1.29, 1.82) is 0 Å². The zero-order valence-corrected chi connectivity index (χ0v) is 11.5. The number of nitrogens with zero attached hydrogens (tertiary/aromatic N) is 1. The van der Waals surface area contributed by atoms with Crippen LogP contribution in [0, 0.1) is 0 Å². The molecule has 0 saturated heterocycles. The average molecular weight is 355 g/mol. The van der Waals surface area contributed by atoms with Crippen LogP contribution in [0.15, 0.2) is 22.7 Å². The number of primary amides is 1. The fraction of sp³-hybridized carbons (Fsp3) is 0.273. The van der Waals surface area contributed by atoms with Crippen molar-refractivity contribution in [2.45, 2.75) is 6.18 Å². The van der Waals surface area contributed by atoms with Crippen molar-refractivity contribution < 1.29 is 27.9 Å². The predicted octanol–water partition coefficient (Wildman–Crippen LogP) is 2.00. The van der Waals surface area contributed by atoms with Gasteiger partial charge in [-0.1, -0.05) is 15.9 Å². The summed E-state index contributed by atoms with van der Waals surface area (Å²) in [4.78, 5) is 22.5. The molecular formula is C11H10BrF3N2O3. The number of carboxylic acids is 1. The zero-order valence-electron chi connectivity index (χ0n) is 9.95. The molecule has 110 valence electrons. The van der Waals surface area contributed by atoms with Crippen molar-refractivity contribution in [3.63, 3.8) is 0 Å². The van der Waals surface area contributed by atoms with E-state index in [0.29, 0.717) is 9.37 Å². The number of halogens is 4. The minimum absolute atomic E-state index is 0.182. The minimum Gasteiger partial charge on any atom is -0.480 e. The summed E-state index contributed by atoms with van der Waals surface area (Å²) in [7, 11) is 0. The van der Waals surface area contributed by atoms with Gasteiger partial charge in [0, 0.05) is 4.47 Å². The van der Waals surface area contributed by atoms with E-state index < -0.39 is 31.1 Å². The highest BCUT2D eigenvalue weighted by Gasteiger charge is 2.33. The molecular weight excluding hydrogens is 345 g/mol. The lowest BCUT2D eigenvalue weighted by Crippen LogP contribution is -2.39. The Morgan fingerprint density at radius 1 is 1.35 bits per heavy atom. The second kappa shape index (κ2) is 6.12. The molecule has 0 fully saturated rings.